The highest BCUT2D eigenvalue weighted by Gasteiger charge is 2.33. The quantitative estimate of drug-likeness (QED) is 0.704. The monoisotopic (exact) mass is 430 g/mol. The third kappa shape index (κ3) is 4.22. The van der Waals surface area contributed by atoms with Crippen LogP contribution < -0.4 is 0 Å². The molecule has 0 saturated carbocycles. The van der Waals surface area contributed by atoms with Gasteiger partial charge in [-0.15, -0.1) is 11.3 Å². The van der Waals surface area contributed by atoms with Gasteiger partial charge in [-0.3, -0.25) is 14.5 Å². The Hall–Kier alpha value is -2.03. The second-order valence-electron chi connectivity index (χ2n) is 7.89. The van der Waals surface area contributed by atoms with Gasteiger partial charge in [-0.25, -0.2) is 4.98 Å². The average Bonchev–Trinajstić information content (AvgIpc) is 3.38. The Morgan fingerprint density at radius 1 is 1.23 bits per heavy atom. The van der Waals surface area contributed by atoms with Crippen LogP contribution in [-0.4, -0.2) is 90.5 Å². The molecule has 0 aromatic carbocycles. The molecule has 2 aromatic heterocycles. The summed E-state index contributed by atoms with van der Waals surface area (Å²) in [7, 11) is 0. The molecule has 0 unspecified atom stereocenters. The number of morpholine rings is 1. The van der Waals surface area contributed by atoms with E-state index in [0.29, 0.717) is 32.8 Å². The van der Waals surface area contributed by atoms with Crippen molar-refractivity contribution in [1.82, 2.24) is 19.7 Å². The summed E-state index contributed by atoms with van der Waals surface area (Å²) in [6.45, 7) is 10.1. The molecule has 162 valence electrons. The van der Waals surface area contributed by atoms with Crippen LogP contribution in [0.25, 0.3) is 10.2 Å². The van der Waals surface area contributed by atoms with E-state index >= 15 is 0 Å². The fraction of sp³-hybridized carbons (Fsp3) is 0.591. The SMILES string of the molecule is CCN(CC)C(=O)CN1CC[C@@H](c2c(C(=O)N3CCOCC3)sc3ncccc23)C1. The lowest BCUT2D eigenvalue weighted by Gasteiger charge is -2.27. The maximum atomic E-state index is 13.4. The number of ether oxygens (including phenoxy) is 1. The molecular weight excluding hydrogens is 400 g/mol. The van der Waals surface area contributed by atoms with Crippen LogP contribution in [0.4, 0.5) is 0 Å². The standard InChI is InChI=1S/C22H30N4O3S/c1-3-25(4-2)18(27)15-24-9-7-16(14-24)19-17-6-5-8-23-21(17)30-20(19)22(28)26-10-12-29-13-11-26/h5-6,8,16H,3-4,7,9-15H2,1-2H3/t16-/m1/s1. The fourth-order valence-corrected chi connectivity index (χ4v) is 5.70. The molecule has 1 atom stereocenters. The highest BCUT2D eigenvalue weighted by atomic mass is 32.1. The van der Waals surface area contributed by atoms with Crippen molar-refractivity contribution in [2.24, 2.45) is 0 Å². The number of aromatic nitrogens is 1. The van der Waals surface area contributed by atoms with Gasteiger partial charge in [0.1, 0.15) is 4.83 Å². The number of carbonyl (C=O) groups excluding carboxylic acids is 2. The van der Waals surface area contributed by atoms with Crippen molar-refractivity contribution in [3.63, 3.8) is 0 Å². The Kier molecular flexibility index (Phi) is 6.65. The lowest BCUT2D eigenvalue weighted by molar-refractivity contribution is -0.131. The van der Waals surface area contributed by atoms with Crippen molar-refractivity contribution in [2.45, 2.75) is 26.2 Å². The molecule has 4 rings (SSSR count). The van der Waals surface area contributed by atoms with Crippen molar-refractivity contribution in [1.29, 1.82) is 0 Å². The number of fused-ring (bicyclic) bond motifs is 1. The number of carbonyl (C=O) groups is 2. The molecule has 2 saturated heterocycles. The lowest BCUT2D eigenvalue weighted by atomic mass is 9.95. The fourth-order valence-electron chi connectivity index (χ4n) is 4.50. The summed E-state index contributed by atoms with van der Waals surface area (Å²) in [4.78, 5) is 38.2. The zero-order valence-electron chi connectivity index (χ0n) is 17.8. The normalized spacial score (nSPS) is 20.1. The van der Waals surface area contributed by atoms with Gasteiger partial charge < -0.3 is 14.5 Å². The maximum Gasteiger partial charge on any atom is 0.264 e. The van der Waals surface area contributed by atoms with E-state index in [0.717, 1.165) is 53.3 Å². The Morgan fingerprint density at radius 3 is 2.73 bits per heavy atom. The van der Waals surface area contributed by atoms with Gasteiger partial charge in [-0.1, -0.05) is 6.07 Å². The van der Waals surface area contributed by atoms with Crippen LogP contribution >= 0.6 is 11.3 Å². The zero-order valence-corrected chi connectivity index (χ0v) is 18.6. The molecule has 0 bridgehead atoms. The van der Waals surface area contributed by atoms with Crippen molar-refractivity contribution in [3.8, 4) is 0 Å². The van der Waals surface area contributed by atoms with Gasteiger partial charge in [-0.2, -0.15) is 0 Å². The van der Waals surface area contributed by atoms with Crippen LogP contribution in [-0.2, 0) is 9.53 Å². The van der Waals surface area contributed by atoms with Crippen LogP contribution in [0.5, 0.6) is 0 Å². The van der Waals surface area contributed by atoms with Gasteiger partial charge in [0.05, 0.1) is 24.6 Å². The second kappa shape index (κ2) is 9.41. The molecule has 2 aromatic rings. The van der Waals surface area contributed by atoms with E-state index in [4.69, 9.17) is 4.74 Å². The minimum absolute atomic E-state index is 0.0916. The molecule has 0 spiro atoms. The van der Waals surface area contributed by atoms with E-state index in [1.165, 1.54) is 11.3 Å². The predicted molar refractivity (Wildman–Crippen MR) is 118 cm³/mol. The van der Waals surface area contributed by atoms with Crippen molar-refractivity contribution >= 4 is 33.4 Å². The highest BCUT2D eigenvalue weighted by Crippen LogP contribution is 2.40. The summed E-state index contributed by atoms with van der Waals surface area (Å²) < 4.78 is 5.42. The predicted octanol–water partition coefficient (Wildman–Crippen LogP) is 2.43. The van der Waals surface area contributed by atoms with Crippen LogP contribution in [0.3, 0.4) is 0 Å². The lowest BCUT2D eigenvalue weighted by Crippen LogP contribution is -2.41. The first-order valence-corrected chi connectivity index (χ1v) is 11.7. The summed E-state index contributed by atoms with van der Waals surface area (Å²) >= 11 is 1.50. The third-order valence-corrected chi connectivity index (χ3v) is 7.27. The molecule has 8 heteroatoms. The number of pyridine rings is 1. The largest absolute Gasteiger partial charge is 0.378 e. The second-order valence-corrected chi connectivity index (χ2v) is 8.89. The Balaban J connectivity index is 1.57. The summed E-state index contributed by atoms with van der Waals surface area (Å²) in [5.41, 5.74) is 1.12. The zero-order chi connectivity index (χ0) is 21.1. The van der Waals surface area contributed by atoms with Crippen LogP contribution in [0.2, 0.25) is 0 Å². The van der Waals surface area contributed by atoms with E-state index in [-0.39, 0.29) is 17.7 Å². The van der Waals surface area contributed by atoms with E-state index in [9.17, 15) is 9.59 Å². The first-order chi connectivity index (χ1) is 14.6. The number of rotatable bonds is 6. The van der Waals surface area contributed by atoms with Gasteiger partial charge in [0.25, 0.3) is 5.91 Å². The maximum absolute atomic E-state index is 13.4. The van der Waals surface area contributed by atoms with Gasteiger partial charge in [0, 0.05) is 50.2 Å². The number of thiophene rings is 1. The van der Waals surface area contributed by atoms with Crippen molar-refractivity contribution in [2.75, 3.05) is 59.0 Å². The molecule has 30 heavy (non-hydrogen) atoms. The van der Waals surface area contributed by atoms with E-state index < -0.39 is 0 Å². The van der Waals surface area contributed by atoms with Gasteiger partial charge in [-0.05, 0) is 38.4 Å². The molecule has 0 radical (unpaired) electrons. The average molecular weight is 431 g/mol. The highest BCUT2D eigenvalue weighted by molar-refractivity contribution is 7.20. The minimum atomic E-state index is 0.0916. The van der Waals surface area contributed by atoms with E-state index in [2.05, 4.69) is 16.0 Å². The number of hydrogen-bond acceptors (Lipinski definition) is 6. The molecule has 4 heterocycles. The Morgan fingerprint density at radius 2 is 2.00 bits per heavy atom. The molecule has 2 aliphatic heterocycles. The number of likely N-dealkylation sites (tertiary alicyclic amines) is 1. The molecular formula is C22H30N4O3S. The molecule has 0 aliphatic carbocycles. The third-order valence-electron chi connectivity index (χ3n) is 6.15. The minimum Gasteiger partial charge on any atom is -0.378 e. The van der Waals surface area contributed by atoms with E-state index in [1.54, 1.807) is 6.20 Å². The van der Waals surface area contributed by atoms with Crippen LogP contribution in [0.15, 0.2) is 18.3 Å². The Bertz CT molecular complexity index is 905. The van der Waals surface area contributed by atoms with Gasteiger partial charge in [0.2, 0.25) is 5.91 Å². The Labute approximate surface area is 181 Å². The molecule has 2 aliphatic rings. The topological polar surface area (TPSA) is 66.0 Å². The first kappa shape index (κ1) is 21.2. The van der Waals surface area contributed by atoms with E-state index in [1.807, 2.05) is 29.7 Å². The first-order valence-electron chi connectivity index (χ1n) is 10.9. The summed E-state index contributed by atoms with van der Waals surface area (Å²) in [6.07, 6.45) is 2.74. The van der Waals surface area contributed by atoms with Crippen LogP contribution in [0.1, 0.15) is 41.4 Å². The number of nitrogens with zero attached hydrogens (tertiary/aromatic N) is 4. The number of amides is 2. The van der Waals surface area contributed by atoms with Crippen LogP contribution in [0, 0.1) is 0 Å². The van der Waals surface area contributed by atoms with Gasteiger partial charge >= 0.3 is 0 Å². The van der Waals surface area contributed by atoms with Crippen molar-refractivity contribution < 1.29 is 14.3 Å². The molecule has 2 amide bonds. The summed E-state index contributed by atoms with van der Waals surface area (Å²) in [6, 6.07) is 4.02. The number of likely N-dealkylation sites (N-methyl/N-ethyl adjacent to an activating group) is 1. The number of hydrogen-bond donors (Lipinski definition) is 0. The smallest absolute Gasteiger partial charge is 0.264 e. The molecule has 0 N–H and O–H groups in total. The van der Waals surface area contributed by atoms with Crippen molar-refractivity contribution in [3.05, 3.63) is 28.8 Å². The summed E-state index contributed by atoms with van der Waals surface area (Å²) in [5, 5.41) is 1.08. The molecule has 7 nitrogen and oxygen atoms in total. The molecule has 2 fully saturated rings. The summed E-state index contributed by atoms with van der Waals surface area (Å²) in [5.74, 6) is 0.517. The van der Waals surface area contributed by atoms with Gasteiger partial charge in [0.15, 0.2) is 0 Å².